The van der Waals surface area contributed by atoms with Crippen LogP contribution in [0.15, 0.2) is 54.6 Å². The summed E-state index contributed by atoms with van der Waals surface area (Å²) in [5.41, 5.74) is 2.13. The first-order valence-electron chi connectivity index (χ1n) is 11.5. The van der Waals surface area contributed by atoms with E-state index in [9.17, 15) is 14.4 Å². The second-order valence-corrected chi connectivity index (χ2v) is 9.63. The van der Waals surface area contributed by atoms with E-state index < -0.39 is 35.7 Å². The molecule has 0 saturated heterocycles. The molecule has 34 heavy (non-hydrogen) atoms. The Balaban J connectivity index is 2.23. The highest BCUT2D eigenvalue weighted by molar-refractivity contribution is 5.90. The van der Waals surface area contributed by atoms with Gasteiger partial charge in [-0.1, -0.05) is 60.2 Å². The molecule has 7 heteroatoms. The molecule has 2 unspecified atom stereocenters. The zero-order valence-corrected chi connectivity index (χ0v) is 20.9. The van der Waals surface area contributed by atoms with Crippen LogP contribution in [0.3, 0.4) is 0 Å². The molecule has 2 atom stereocenters. The van der Waals surface area contributed by atoms with E-state index in [0.717, 1.165) is 16.7 Å². The van der Waals surface area contributed by atoms with Gasteiger partial charge in [0.1, 0.15) is 17.7 Å². The summed E-state index contributed by atoms with van der Waals surface area (Å²) in [6, 6.07) is 15.2. The van der Waals surface area contributed by atoms with Crippen molar-refractivity contribution in [3.63, 3.8) is 0 Å². The highest BCUT2D eigenvalue weighted by Gasteiger charge is 2.30. The molecule has 0 radical (unpaired) electrons. The molecular weight excluding hydrogens is 432 g/mol. The summed E-state index contributed by atoms with van der Waals surface area (Å²) in [7, 11) is 0. The van der Waals surface area contributed by atoms with Gasteiger partial charge in [0.05, 0.1) is 6.10 Å². The fraction of sp³-hybridized carbons (Fsp3) is 0.444. The van der Waals surface area contributed by atoms with Crippen molar-refractivity contribution in [2.75, 3.05) is 0 Å². The van der Waals surface area contributed by atoms with Gasteiger partial charge in [-0.3, -0.25) is 4.79 Å². The predicted octanol–water partition coefficient (Wildman–Crippen LogP) is 4.11. The van der Waals surface area contributed by atoms with Crippen molar-refractivity contribution in [1.82, 2.24) is 10.6 Å². The van der Waals surface area contributed by atoms with Gasteiger partial charge in [-0.2, -0.15) is 0 Å². The van der Waals surface area contributed by atoms with Gasteiger partial charge >= 0.3 is 12.1 Å². The van der Waals surface area contributed by atoms with Gasteiger partial charge in [-0.15, -0.1) is 0 Å². The minimum absolute atomic E-state index is 0.238. The van der Waals surface area contributed by atoms with E-state index in [1.807, 2.05) is 61.5 Å². The van der Waals surface area contributed by atoms with Gasteiger partial charge in [0.25, 0.3) is 0 Å². The van der Waals surface area contributed by atoms with Crippen molar-refractivity contribution >= 4 is 18.0 Å². The van der Waals surface area contributed by atoms with Crippen LogP contribution in [0.5, 0.6) is 0 Å². The van der Waals surface area contributed by atoms with Gasteiger partial charge in [-0.05, 0) is 52.7 Å². The Labute approximate surface area is 202 Å². The number of carbonyl (C=O) groups excluding carboxylic acids is 3. The third-order valence-electron chi connectivity index (χ3n) is 4.80. The van der Waals surface area contributed by atoms with E-state index in [1.165, 1.54) is 0 Å². The number of amides is 2. The lowest BCUT2D eigenvalue weighted by Gasteiger charge is -2.25. The summed E-state index contributed by atoms with van der Waals surface area (Å²) in [6.07, 6.45) is -0.530. The molecule has 0 aliphatic carbocycles. The molecule has 0 aromatic heterocycles. The summed E-state index contributed by atoms with van der Waals surface area (Å²) in [4.78, 5) is 38.6. The van der Waals surface area contributed by atoms with Crippen molar-refractivity contribution in [1.29, 1.82) is 0 Å². The van der Waals surface area contributed by atoms with Gasteiger partial charge < -0.3 is 20.1 Å². The Morgan fingerprint density at radius 1 is 0.824 bits per heavy atom. The SMILES string of the molecule is Cc1ccc(CC(NC(=O)C(Cc2ccccc2)NC(=O)OC(C)(C)C)C(=O)OC(C)C)cc1. The van der Waals surface area contributed by atoms with Crippen molar-refractivity contribution in [2.45, 2.75) is 78.2 Å². The molecule has 0 aliphatic rings. The molecule has 2 amide bonds. The first-order chi connectivity index (χ1) is 15.9. The minimum atomic E-state index is -0.940. The number of carbonyl (C=O) groups is 3. The molecule has 0 bridgehead atoms. The van der Waals surface area contributed by atoms with Crippen molar-refractivity contribution in [3.05, 3.63) is 71.3 Å². The maximum atomic E-state index is 13.3. The van der Waals surface area contributed by atoms with Crippen molar-refractivity contribution in [3.8, 4) is 0 Å². The number of ether oxygens (including phenoxy) is 2. The van der Waals surface area contributed by atoms with Crippen LogP contribution < -0.4 is 10.6 Å². The highest BCUT2D eigenvalue weighted by atomic mass is 16.6. The Bertz CT molecular complexity index is 949. The fourth-order valence-corrected chi connectivity index (χ4v) is 3.25. The molecule has 2 rings (SSSR count). The van der Waals surface area contributed by atoms with Crippen LogP contribution in [0.25, 0.3) is 0 Å². The van der Waals surface area contributed by atoms with Crippen LogP contribution in [0.1, 0.15) is 51.3 Å². The average Bonchev–Trinajstić information content (AvgIpc) is 2.73. The Hall–Kier alpha value is -3.35. The minimum Gasteiger partial charge on any atom is -0.461 e. The third-order valence-corrected chi connectivity index (χ3v) is 4.80. The normalized spacial score (nSPS) is 13.0. The lowest BCUT2D eigenvalue weighted by Crippen LogP contribution is -2.54. The monoisotopic (exact) mass is 468 g/mol. The van der Waals surface area contributed by atoms with E-state index in [4.69, 9.17) is 9.47 Å². The molecule has 0 spiro atoms. The highest BCUT2D eigenvalue weighted by Crippen LogP contribution is 2.11. The number of esters is 1. The molecule has 184 valence electrons. The van der Waals surface area contributed by atoms with Crippen LogP contribution in [-0.4, -0.2) is 41.8 Å². The fourth-order valence-electron chi connectivity index (χ4n) is 3.25. The zero-order valence-electron chi connectivity index (χ0n) is 20.9. The molecule has 0 aliphatic heterocycles. The van der Waals surface area contributed by atoms with Crippen LogP contribution in [0.2, 0.25) is 0 Å². The molecule has 2 N–H and O–H groups in total. The smallest absolute Gasteiger partial charge is 0.408 e. The van der Waals surface area contributed by atoms with Crippen molar-refractivity contribution in [2.24, 2.45) is 0 Å². The number of hydrogen-bond donors (Lipinski definition) is 2. The van der Waals surface area contributed by atoms with Crippen molar-refractivity contribution < 1.29 is 23.9 Å². The molecule has 0 heterocycles. The standard InChI is InChI=1S/C27H36N2O5/c1-18(2)33-25(31)23(17-21-14-12-19(3)13-15-21)28-24(30)22(16-20-10-8-7-9-11-20)29-26(32)34-27(4,5)6/h7-15,18,22-23H,16-17H2,1-6H3,(H,28,30)(H,29,32). The molecule has 7 nitrogen and oxygen atoms in total. The molecule has 0 saturated carbocycles. The second-order valence-electron chi connectivity index (χ2n) is 9.63. The van der Waals surface area contributed by atoms with Gasteiger partial charge in [-0.25, -0.2) is 9.59 Å². The number of alkyl carbamates (subject to hydrolysis) is 1. The summed E-state index contributed by atoms with van der Waals surface area (Å²) in [5.74, 6) is -1.02. The van der Waals surface area contributed by atoms with Crippen LogP contribution in [0.4, 0.5) is 4.79 Å². The summed E-state index contributed by atoms with van der Waals surface area (Å²) >= 11 is 0. The maximum absolute atomic E-state index is 13.3. The number of rotatable bonds is 9. The van der Waals surface area contributed by atoms with Gasteiger partial charge in [0.2, 0.25) is 5.91 Å². The summed E-state index contributed by atoms with van der Waals surface area (Å²) in [5, 5.41) is 5.44. The van der Waals surface area contributed by atoms with E-state index >= 15 is 0 Å². The predicted molar refractivity (Wildman–Crippen MR) is 131 cm³/mol. The number of aryl methyl sites for hydroxylation is 1. The molecule has 2 aromatic rings. The summed E-state index contributed by atoms with van der Waals surface area (Å²) < 4.78 is 10.7. The average molecular weight is 469 g/mol. The van der Waals surface area contributed by atoms with Gasteiger partial charge in [0.15, 0.2) is 0 Å². The molecule has 2 aromatic carbocycles. The topological polar surface area (TPSA) is 93.7 Å². The maximum Gasteiger partial charge on any atom is 0.408 e. The number of nitrogens with one attached hydrogen (secondary N) is 2. The second kappa shape index (κ2) is 12.2. The molecular formula is C27H36N2O5. The van der Waals surface area contributed by atoms with Gasteiger partial charge in [0, 0.05) is 12.8 Å². The first-order valence-corrected chi connectivity index (χ1v) is 11.5. The largest absolute Gasteiger partial charge is 0.461 e. The lowest BCUT2D eigenvalue weighted by atomic mass is 10.0. The summed E-state index contributed by atoms with van der Waals surface area (Å²) in [6.45, 7) is 10.7. The van der Waals surface area contributed by atoms with Crippen LogP contribution in [0, 0.1) is 6.92 Å². The van der Waals surface area contributed by atoms with E-state index in [1.54, 1.807) is 34.6 Å². The van der Waals surface area contributed by atoms with Crippen LogP contribution in [-0.2, 0) is 31.9 Å². The Morgan fingerprint density at radius 2 is 1.38 bits per heavy atom. The third kappa shape index (κ3) is 9.65. The van der Waals surface area contributed by atoms with E-state index in [-0.39, 0.29) is 18.9 Å². The van der Waals surface area contributed by atoms with E-state index in [0.29, 0.717) is 0 Å². The van der Waals surface area contributed by atoms with E-state index in [2.05, 4.69) is 10.6 Å². The molecule has 0 fully saturated rings. The Kier molecular flexibility index (Phi) is 9.66. The van der Waals surface area contributed by atoms with Crippen LogP contribution >= 0.6 is 0 Å². The zero-order chi connectivity index (χ0) is 25.3. The Morgan fingerprint density at radius 3 is 1.94 bits per heavy atom. The number of benzene rings is 2. The lowest BCUT2D eigenvalue weighted by molar-refractivity contribution is -0.151. The first kappa shape index (κ1) is 26.9. The quantitative estimate of drug-likeness (QED) is 0.540. The number of hydrogen-bond acceptors (Lipinski definition) is 5.